The molecule has 3 aromatic rings. The summed E-state index contributed by atoms with van der Waals surface area (Å²) >= 11 is 1.29. The van der Waals surface area contributed by atoms with Crippen molar-refractivity contribution >= 4 is 27.7 Å². The Bertz CT molecular complexity index is 1260. The maximum absolute atomic E-state index is 13.1. The van der Waals surface area contributed by atoms with E-state index in [1.807, 2.05) is 42.5 Å². The molecule has 1 N–H and O–H groups in total. The van der Waals surface area contributed by atoms with Crippen LogP contribution in [-0.2, 0) is 27.9 Å². The van der Waals surface area contributed by atoms with Crippen LogP contribution in [0.4, 0.5) is 0 Å². The van der Waals surface area contributed by atoms with Gasteiger partial charge in [-0.15, -0.1) is 0 Å². The number of nitrogens with one attached hydrogen (secondary N) is 1. The van der Waals surface area contributed by atoms with Crippen LogP contribution in [0.25, 0.3) is 0 Å². The zero-order valence-electron chi connectivity index (χ0n) is 21.0. The molecule has 8 nitrogen and oxygen atoms in total. The second-order valence-corrected chi connectivity index (χ2v) is 12.1. The molecular formula is C27H32N4O4S2. The molecule has 1 aliphatic rings. The van der Waals surface area contributed by atoms with Gasteiger partial charge in [0.25, 0.3) is 0 Å². The number of sulfonamides is 1. The van der Waals surface area contributed by atoms with E-state index in [4.69, 9.17) is 4.74 Å². The molecule has 1 fully saturated rings. The minimum Gasteiger partial charge on any atom is -0.497 e. The molecule has 1 atom stereocenters. The van der Waals surface area contributed by atoms with Gasteiger partial charge in [-0.3, -0.25) is 9.69 Å². The maximum atomic E-state index is 13.1. The van der Waals surface area contributed by atoms with Gasteiger partial charge < -0.3 is 10.1 Å². The molecule has 0 aliphatic carbocycles. The number of ether oxygens (including phenoxy) is 1. The second-order valence-electron chi connectivity index (χ2n) is 8.82. The Kier molecular flexibility index (Phi) is 9.20. The summed E-state index contributed by atoms with van der Waals surface area (Å²) in [6, 6.07) is 20.9. The molecule has 1 amide bonds. The Morgan fingerprint density at radius 1 is 1.00 bits per heavy atom. The molecule has 0 saturated carbocycles. The molecule has 2 aromatic carbocycles. The normalized spacial score (nSPS) is 15.7. The topological polar surface area (TPSA) is 91.8 Å². The van der Waals surface area contributed by atoms with Gasteiger partial charge in [-0.25, -0.2) is 13.4 Å². The summed E-state index contributed by atoms with van der Waals surface area (Å²) in [6.45, 7) is 5.27. The monoisotopic (exact) mass is 540 g/mol. The van der Waals surface area contributed by atoms with E-state index in [1.165, 1.54) is 27.8 Å². The van der Waals surface area contributed by atoms with Crippen molar-refractivity contribution in [1.29, 1.82) is 0 Å². The van der Waals surface area contributed by atoms with Gasteiger partial charge in [0.05, 0.1) is 17.4 Å². The molecule has 0 bridgehead atoms. The minimum atomic E-state index is -3.62. The largest absolute Gasteiger partial charge is 0.497 e. The lowest BCUT2D eigenvalue weighted by atomic mass is 10.2. The first-order chi connectivity index (χ1) is 17.8. The van der Waals surface area contributed by atoms with Crippen molar-refractivity contribution in [3.05, 3.63) is 84.1 Å². The van der Waals surface area contributed by atoms with Crippen LogP contribution in [0.1, 0.15) is 18.1 Å². The van der Waals surface area contributed by atoms with Crippen LogP contribution in [-0.4, -0.2) is 67.1 Å². The van der Waals surface area contributed by atoms with Crippen LogP contribution < -0.4 is 10.1 Å². The molecule has 0 spiro atoms. The summed E-state index contributed by atoms with van der Waals surface area (Å²) in [5, 5.41) is 3.13. The highest BCUT2D eigenvalue weighted by atomic mass is 32.2. The fraction of sp³-hybridized carbons (Fsp3) is 0.333. The molecule has 0 radical (unpaired) electrons. The predicted octanol–water partition coefficient (Wildman–Crippen LogP) is 3.39. The van der Waals surface area contributed by atoms with Gasteiger partial charge in [-0.1, -0.05) is 54.2 Å². The lowest BCUT2D eigenvalue weighted by molar-refractivity contribution is -0.120. The van der Waals surface area contributed by atoms with Crippen molar-refractivity contribution in [3.8, 4) is 5.75 Å². The number of carbonyl (C=O) groups is 1. The quantitative estimate of drug-likeness (QED) is 0.394. The molecule has 196 valence electrons. The maximum Gasteiger partial charge on any atom is 0.244 e. The molecule has 0 unspecified atom stereocenters. The summed E-state index contributed by atoms with van der Waals surface area (Å²) < 4.78 is 33.0. The highest BCUT2D eigenvalue weighted by Crippen LogP contribution is 2.24. The van der Waals surface area contributed by atoms with Crippen molar-refractivity contribution < 1.29 is 17.9 Å². The Hall–Kier alpha value is -2.92. The fourth-order valence-electron chi connectivity index (χ4n) is 4.02. The number of aromatic nitrogens is 1. The van der Waals surface area contributed by atoms with E-state index >= 15 is 0 Å². The van der Waals surface area contributed by atoms with E-state index in [2.05, 4.69) is 27.3 Å². The first kappa shape index (κ1) is 27.1. The zero-order chi connectivity index (χ0) is 26.3. The van der Waals surface area contributed by atoms with Crippen LogP contribution in [0, 0.1) is 0 Å². The number of rotatable bonds is 10. The number of thioether (sulfide) groups is 1. The summed E-state index contributed by atoms with van der Waals surface area (Å²) in [5.41, 5.74) is 2.19. The van der Waals surface area contributed by atoms with Crippen LogP contribution in [0.5, 0.6) is 5.75 Å². The predicted molar refractivity (Wildman–Crippen MR) is 145 cm³/mol. The number of pyridine rings is 1. The number of nitrogens with zero attached hydrogens (tertiary/aromatic N) is 3. The number of piperazine rings is 1. The third-order valence-corrected chi connectivity index (χ3v) is 9.15. The molecule has 10 heteroatoms. The molecule has 1 aromatic heterocycles. The highest BCUT2D eigenvalue weighted by molar-refractivity contribution is 8.00. The number of methoxy groups -OCH3 is 1. The van der Waals surface area contributed by atoms with Crippen molar-refractivity contribution in [2.24, 2.45) is 0 Å². The van der Waals surface area contributed by atoms with Gasteiger partial charge in [0.2, 0.25) is 15.9 Å². The van der Waals surface area contributed by atoms with Gasteiger partial charge in [-0.2, -0.15) is 4.31 Å². The van der Waals surface area contributed by atoms with Crippen molar-refractivity contribution in [2.45, 2.75) is 35.2 Å². The first-order valence-corrected chi connectivity index (χ1v) is 14.5. The number of amides is 1. The third-order valence-electron chi connectivity index (χ3n) is 6.22. The molecule has 2 heterocycles. The molecule has 4 rings (SSSR count). The summed E-state index contributed by atoms with van der Waals surface area (Å²) in [6.07, 6.45) is 1.38. The van der Waals surface area contributed by atoms with Crippen LogP contribution in [0.2, 0.25) is 0 Å². The molecule has 1 saturated heterocycles. The van der Waals surface area contributed by atoms with E-state index in [9.17, 15) is 13.2 Å². The van der Waals surface area contributed by atoms with E-state index in [-0.39, 0.29) is 16.1 Å². The van der Waals surface area contributed by atoms with E-state index in [1.54, 1.807) is 26.2 Å². The lowest BCUT2D eigenvalue weighted by Crippen LogP contribution is -2.48. The van der Waals surface area contributed by atoms with Gasteiger partial charge in [0.15, 0.2) is 0 Å². The Labute approximate surface area is 223 Å². The summed E-state index contributed by atoms with van der Waals surface area (Å²) in [4.78, 5) is 19.3. The Morgan fingerprint density at radius 2 is 1.70 bits per heavy atom. The second kappa shape index (κ2) is 12.6. The standard InChI is InChI=1S/C27H32N4O4S2/c1-21(27(32)29-18-22-8-10-24(35-2)11-9-22)36-26-13-12-25(19-28-26)37(33,34)31-16-14-30(15-17-31)20-23-6-4-3-5-7-23/h3-13,19,21H,14-18,20H2,1-2H3,(H,29,32)/t21-/m0/s1. The fourth-order valence-corrected chi connectivity index (χ4v) is 6.20. The average Bonchev–Trinajstić information content (AvgIpc) is 2.93. The molecule has 1 aliphatic heterocycles. The van der Waals surface area contributed by atoms with E-state index in [0.717, 1.165) is 17.9 Å². The Morgan fingerprint density at radius 3 is 2.32 bits per heavy atom. The summed E-state index contributed by atoms with van der Waals surface area (Å²) in [5.74, 6) is 0.647. The van der Waals surface area contributed by atoms with Crippen molar-refractivity contribution in [1.82, 2.24) is 19.5 Å². The van der Waals surface area contributed by atoms with E-state index in [0.29, 0.717) is 37.7 Å². The number of carbonyl (C=O) groups excluding carboxylic acids is 1. The van der Waals surface area contributed by atoms with Crippen LogP contribution >= 0.6 is 11.8 Å². The van der Waals surface area contributed by atoms with Crippen LogP contribution in [0.3, 0.4) is 0 Å². The SMILES string of the molecule is COc1ccc(CNC(=O)[C@H](C)Sc2ccc(S(=O)(=O)N3CCN(Cc4ccccc4)CC3)cn2)cc1. The molecular weight excluding hydrogens is 508 g/mol. The highest BCUT2D eigenvalue weighted by Gasteiger charge is 2.29. The average molecular weight is 541 g/mol. The van der Waals surface area contributed by atoms with Gasteiger partial charge in [0.1, 0.15) is 10.6 Å². The lowest BCUT2D eigenvalue weighted by Gasteiger charge is -2.33. The van der Waals surface area contributed by atoms with Gasteiger partial charge in [-0.05, 0) is 42.3 Å². The van der Waals surface area contributed by atoms with E-state index < -0.39 is 10.0 Å². The van der Waals surface area contributed by atoms with Gasteiger partial charge >= 0.3 is 0 Å². The third kappa shape index (κ3) is 7.32. The van der Waals surface area contributed by atoms with Crippen molar-refractivity contribution in [3.63, 3.8) is 0 Å². The van der Waals surface area contributed by atoms with Gasteiger partial charge in [0, 0.05) is 45.5 Å². The zero-order valence-corrected chi connectivity index (χ0v) is 22.7. The first-order valence-electron chi connectivity index (χ1n) is 12.1. The molecule has 37 heavy (non-hydrogen) atoms. The summed E-state index contributed by atoms with van der Waals surface area (Å²) in [7, 11) is -2.01. The number of benzene rings is 2. The number of hydrogen-bond donors (Lipinski definition) is 1. The Balaban J connectivity index is 1.27. The smallest absolute Gasteiger partial charge is 0.244 e. The van der Waals surface area contributed by atoms with Crippen LogP contribution in [0.15, 0.2) is 82.8 Å². The minimum absolute atomic E-state index is 0.118. The number of hydrogen-bond acceptors (Lipinski definition) is 7. The van der Waals surface area contributed by atoms with Crippen molar-refractivity contribution in [2.75, 3.05) is 33.3 Å².